The SMILES string of the molecule is Cc1c2c3c(ccc2nn1C)CC/C3=C\C#N. The van der Waals surface area contributed by atoms with Gasteiger partial charge in [-0.15, -0.1) is 0 Å². The highest BCUT2D eigenvalue weighted by molar-refractivity contribution is 5.97. The van der Waals surface area contributed by atoms with Crippen LogP contribution >= 0.6 is 0 Å². The summed E-state index contributed by atoms with van der Waals surface area (Å²) in [6, 6.07) is 6.37. The van der Waals surface area contributed by atoms with Gasteiger partial charge in [0.1, 0.15) is 0 Å². The lowest BCUT2D eigenvalue weighted by molar-refractivity contribution is 0.751. The highest BCUT2D eigenvalue weighted by atomic mass is 15.3. The number of nitriles is 1. The smallest absolute Gasteiger partial charge is 0.0932 e. The third kappa shape index (κ3) is 1.31. The second kappa shape index (κ2) is 3.46. The van der Waals surface area contributed by atoms with Crippen LogP contribution in [-0.4, -0.2) is 9.78 Å². The highest BCUT2D eigenvalue weighted by Crippen LogP contribution is 2.38. The van der Waals surface area contributed by atoms with Crippen molar-refractivity contribution in [1.29, 1.82) is 5.26 Å². The van der Waals surface area contributed by atoms with Gasteiger partial charge in [0.15, 0.2) is 0 Å². The number of rotatable bonds is 0. The second-order valence-electron chi connectivity index (χ2n) is 4.50. The molecule has 1 aliphatic carbocycles. The Labute approximate surface area is 100.0 Å². The van der Waals surface area contributed by atoms with Crippen LogP contribution in [0.25, 0.3) is 16.5 Å². The van der Waals surface area contributed by atoms with Gasteiger partial charge in [0, 0.05) is 24.2 Å². The Balaban J connectivity index is 2.43. The normalized spacial score (nSPS) is 16.4. The lowest BCUT2D eigenvalue weighted by Crippen LogP contribution is -1.92. The molecule has 0 atom stereocenters. The molecule has 0 spiro atoms. The van der Waals surface area contributed by atoms with Gasteiger partial charge in [-0.2, -0.15) is 10.4 Å². The van der Waals surface area contributed by atoms with Crippen molar-refractivity contribution in [2.45, 2.75) is 19.8 Å². The molecule has 84 valence electrons. The van der Waals surface area contributed by atoms with Gasteiger partial charge in [-0.1, -0.05) is 6.07 Å². The number of aryl methyl sites for hydroxylation is 3. The van der Waals surface area contributed by atoms with Crippen molar-refractivity contribution in [3.05, 3.63) is 35.0 Å². The number of hydrogen-bond acceptors (Lipinski definition) is 2. The first-order valence-electron chi connectivity index (χ1n) is 5.76. The quantitative estimate of drug-likeness (QED) is 0.644. The summed E-state index contributed by atoms with van der Waals surface area (Å²) in [6.45, 7) is 2.08. The predicted molar refractivity (Wildman–Crippen MR) is 67.4 cm³/mol. The van der Waals surface area contributed by atoms with E-state index in [1.165, 1.54) is 22.2 Å². The lowest BCUT2D eigenvalue weighted by atomic mass is 10.0. The summed E-state index contributed by atoms with van der Waals surface area (Å²) in [6.07, 6.45) is 3.68. The van der Waals surface area contributed by atoms with Gasteiger partial charge in [0.05, 0.1) is 11.6 Å². The van der Waals surface area contributed by atoms with Crippen molar-refractivity contribution in [3.8, 4) is 6.07 Å². The van der Waals surface area contributed by atoms with E-state index in [2.05, 4.69) is 30.2 Å². The van der Waals surface area contributed by atoms with Crippen molar-refractivity contribution in [2.24, 2.45) is 7.05 Å². The van der Waals surface area contributed by atoms with Crippen LogP contribution in [0, 0.1) is 18.3 Å². The highest BCUT2D eigenvalue weighted by Gasteiger charge is 2.21. The van der Waals surface area contributed by atoms with E-state index in [1.807, 2.05) is 11.7 Å². The van der Waals surface area contributed by atoms with Crippen LogP contribution in [0.15, 0.2) is 18.2 Å². The fourth-order valence-electron chi connectivity index (χ4n) is 2.67. The minimum Gasteiger partial charge on any atom is -0.272 e. The van der Waals surface area contributed by atoms with Crippen LogP contribution < -0.4 is 0 Å². The Morgan fingerprint density at radius 3 is 3.00 bits per heavy atom. The molecule has 0 radical (unpaired) electrons. The summed E-state index contributed by atoms with van der Waals surface area (Å²) >= 11 is 0. The molecular weight excluding hydrogens is 210 g/mol. The van der Waals surface area contributed by atoms with Crippen LogP contribution in [0.2, 0.25) is 0 Å². The van der Waals surface area contributed by atoms with Crippen molar-refractivity contribution in [3.63, 3.8) is 0 Å². The van der Waals surface area contributed by atoms with Gasteiger partial charge in [-0.05, 0) is 42.5 Å². The molecule has 0 bridgehead atoms. The summed E-state index contributed by atoms with van der Waals surface area (Å²) in [4.78, 5) is 0. The molecule has 17 heavy (non-hydrogen) atoms. The predicted octanol–water partition coefficient (Wildman–Crippen LogP) is 2.73. The average molecular weight is 223 g/mol. The standard InChI is InChI=1S/C14H13N3/c1-9-13-12(16-17(9)2)6-5-10-3-4-11(7-8-15)14(10)13/h5-7H,3-4H2,1-2H3/b11-7+. The summed E-state index contributed by atoms with van der Waals surface area (Å²) in [5.74, 6) is 0. The van der Waals surface area contributed by atoms with Crippen LogP contribution in [-0.2, 0) is 13.5 Å². The monoisotopic (exact) mass is 223 g/mol. The Morgan fingerprint density at radius 1 is 1.41 bits per heavy atom. The van der Waals surface area contributed by atoms with Gasteiger partial charge in [0.25, 0.3) is 0 Å². The maximum atomic E-state index is 8.85. The minimum absolute atomic E-state index is 0.969. The average Bonchev–Trinajstić information content (AvgIpc) is 2.83. The third-order valence-corrected chi connectivity index (χ3v) is 3.60. The molecule has 0 saturated heterocycles. The molecule has 3 nitrogen and oxygen atoms in total. The fraction of sp³-hybridized carbons (Fsp3) is 0.286. The van der Waals surface area contributed by atoms with Crippen LogP contribution in [0.5, 0.6) is 0 Å². The first kappa shape index (κ1) is 10.1. The van der Waals surface area contributed by atoms with Gasteiger partial charge in [-0.3, -0.25) is 4.68 Å². The van der Waals surface area contributed by atoms with Gasteiger partial charge in [-0.25, -0.2) is 0 Å². The Hall–Kier alpha value is -2.08. The van der Waals surface area contributed by atoms with Crippen molar-refractivity contribution in [1.82, 2.24) is 9.78 Å². The number of hydrogen-bond donors (Lipinski definition) is 0. The Morgan fingerprint density at radius 2 is 2.24 bits per heavy atom. The van der Waals surface area contributed by atoms with E-state index in [1.54, 1.807) is 6.08 Å². The fourth-order valence-corrected chi connectivity index (χ4v) is 2.67. The molecule has 1 aromatic heterocycles. The molecule has 3 rings (SSSR count). The molecule has 0 aliphatic heterocycles. The van der Waals surface area contributed by atoms with E-state index in [0.717, 1.165) is 23.9 Å². The largest absolute Gasteiger partial charge is 0.272 e. The zero-order chi connectivity index (χ0) is 12.0. The zero-order valence-electron chi connectivity index (χ0n) is 9.99. The molecule has 0 unspecified atom stereocenters. The van der Waals surface area contributed by atoms with Crippen LogP contribution in [0.4, 0.5) is 0 Å². The van der Waals surface area contributed by atoms with Crippen LogP contribution in [0.3, 0.4) is 0 Å². The van der Waals surface area contributed by atoms with Crippen molar-refractivity contribution in [2.75, 3.05) is 0 Å². The molecular formula is C14H13N3. The Kier molecular flexibility index (Phi) is 2.05. The summed E-state index contributed by atoms with van der Waals surface area (Å²) in [5.41, 5.74) is 5.94. The summed E-state index contributed by atoms with van der Waals surface area (Å²) in [5, 5.41) is 14.6. The van der Waals surface area contributed by atoms with Gasteiger partial charge in [0.2, 0.25) is 0 Å². The van der Waals surface area contributed by atoms with E-state index < -0.39 is 0 Å². The van der Waals surface area contributed by atoms with E-state index >= 15 is 0 Å². The van der Waals surface area contributed by atoms with Crippen molar-refractivity contribution >= 4 is 16.5 Å². The third-order valence-electron chi connectivity index (χ3n) is 3.60. The molecule has 3 heteroatoms. The molecule has 1 heterocycles. The maximum Gasteiger partial charge on any atom is 0.0932 e. The molecule has 0 fully saturated rings. The number of benzene rings is 1. The Bertz CT molecular complexity index is 684. The minimum atomic E-state index is 0.969. The molecule has 1 aliphatic rings. The number of fused-ring (bicyclic) bond motifs is 3. The zero-order valence-corrected chi connectivity index (χ0v) is 9.99. The molecule has 0 N–H and O–H groups in total. The van der Waals surface area contributed by atoms with Crippen LogP contribution in [0.1, 0.15) is 23.2 Å². The molecule has 1 aromatic carbocycles. The van der Waals surface area contributed by atoms with E-state index in [0.29, 0.717) is 0 Å². The van der Waals surface area contributed by atoms with Gasteiger partial charge >= 0.3 is 0 Å². The van der Waals surface area contributed by atoms with E-state index in [-0.39, 0.29) is 0 Å². The first-order chi connectivity index (χ1) is 8.22. The first-order valence-corrected chi connectivity index (χ1v) is 5.76. The second-order valence-corrected chi connectivity index (χ2v) is 4.50. The summed E-state index contributed by atoms with van der Waals surface area (Å²) < 4.78 is 1.91. The number of nitrogens with zero attached hydrogens (tertiary/aromatic N) is 3. The van der Waals surface area contributed by atoms with E-state index in [9.17, 15) is 0 Å². The van der Waals surface area contributed by atoms with Gasteiger partial charge < -0.3 is 0 Å². The molecule has 0 saturated carbocycles. The number of allylic oxidation sites excluding steroid dienone is 2. The van der Waals surface area contributed by atoms with E-state index in [4.69, 9.17) is 5.26 Å². The summed E-state index contributed by atoms with van der Waals surface area (Å²) in [7, 11) is 1.96. The molecule has 2 aromatic rings. The van der Waals surface area contributed by atoms with Crippen molar-refractivity contribution < 1.29 is 0 Å². The topological polar surface area (TPSA) is 41.6 Å². The maximum absolute atomic E-state index is 8.85. The number of aromatic nitrogens is 2. The molecule has 0 amide bonds. The lowest BCUT2D eigenvalue weighted by Gasteiger charge is -2.03.